The molecule has 2 aromatic carbocycles. The van der Waals surface area contributed by atoms with Crippen LogP contribution in [-0.2, 0) is 6.54 Å². The molecule has 0 aliphatic carbocycles. The van der Waals surface area contributed by atoms with E-state index in [9.17, 15) is 9.18 Å². The van der Waals surface area contributed by atoms with Gasteiger partial charge >= 0.3 is 0 Å². The lowest BCUT2D eigenvalue weighted by atomic mass is 10.1. The van der Waals surface area contributed by atoms with Crippen LogP contribution in [0, 0.1) is 12.7 Å². The lowest BCUT2D eigenvalue weighted by Crippen LogP contribution is -2.17. The van der Waals surface area contributed by atoms with Crippen molar-refractivity contribution in [3.05, 3.63) is 87.9 Å². The average Bonchev–Trinajstić information content (AvgIpc) is 3.37. The topological polar surface area (TPSA) is 59.8 Å². The third-order valence-corrected chi connectivity index (χ3v) is 5.08. The summed E-state index contributed by atoms with van der Waals surface area (Å²) in [5.41, 5.74) is 2.28. The highest BCUT2D eigenvalue weighted by Gasteiger charge is 2.19. The van der Waals surface area contributed by atoms with Gasteiger partial charge in [-0.05, 0) is 42.6 Å². The maximum atomic E-state index is 13.2. The summed E-state index contributed by atoms with van der Waals surface area (Å²) in [5, 5.41) is 9.59. The Labute approximate surface area is 165 Å². The summed E-state index contributed by atoms with van der Waals surface area (Å²) in [4.78, 5) is 18.6. The molecule has 7 heteroatoms. The van der Waals surface area contributed by atoms with Crippen LogP contribution in [0.4, 0.5) is 10.3 Å². The number of rotatable bonds is 5. The second-order valence-corrected chi connectivity index (χ2v) is 7.31. The molecule has 2 aromatic heterocycles. The number of hydrogen-bond donors (Lipinski definition) is 1. The van der Waals surface area contributed by atoms with E-state index in [0.29, 0.717) is 23.9 Å². The molecule has 5 nitrogen and oxygen atoms in total. The number of benzene rings is 2. The van der Waals surface area contributed by atoms with E-state index in [1.54, 1.807) is 11.3 Å². The average molecular weight is 392 g/mol. The second kappa shape index (κ2) is 7.74. The number of nitrogens with one attached hydrogen (secondary N) is 1. The van der Waals surface area contributed by atoms with E-state index < -0.39 is 5.82 Å². The van der Waals surface area contributed by atoms with Crippen LogP contribution in [0.3, 0.4) is 0 Å². The molecule has 140 valence electrons. The van der Waals surface area contributed by atoms with E-state index in [-0.39, 0.29) is 5.91 Å². The lowest BCUT2D eigenvalue weighted by molar-refractivity contribution is 0.0947. The summed E-state index contributed by atoms with van der Waals surface area (Å²) >= 11 is 1.61. The van der Waals surface area contributed by atoms with Crippen molar-refractivity contribution in [3.8, 4) is 11.4 Å². The van der Waals surface area contributed by atoms with Crippen LogP contribution in [0.1, 0.15) is 20.8 Å². The first-order valence-electron chi connectivity index (χ1n) is 8.71. The van der Waals surface area contributed by atoms with Gasteiger partial charge in [0.2, 0.25) is 5.95 Å². The van der Waals surface area contributed by atoms with Crippen LogP contribution in [-0.4, -0.2) is 20.7 Å². The van der Waals surface area contributed by atoms with Crippen LogP contribution in [0.2, 0.25) is 0 Å². The fourth-order valence-electron chi connectivity index (χ4n) is 2.69. The van der Waals surface area contributed by atoms with Gasteiger partial charge in [0, 0.05) is 16.0 Å². The summed E-state index contributed by atoms with van der Waals surface area (Å²) in [5.74, 6) is 0.0218. The summed E-state index contributed by atoms with van der Waals surface area (Å²) in [7, 11) is 0. The van der Waals surface area contributed by atoms with Gasteiger partial charge in [-0.3, -0.25) is 4.79 Å². The predicted molar refractivity (Wildman–Crippen MR) is 108 cm³/mol. The molecule has 28 heavy (non-hydrogen) atoms. The Hall–Kier alpha value is -3.32. The Morgan fingerprint density at radius 3 is 2.54 bits per heavy atom. The number of carbonyl (C=O) groups excluding carboxylic acids is 1. The highest BCUT2D eigenvalue weighted by Crippen LogP contribution is 2.21. The van der Waals surface area contributed by atoms with Gasteiger partial charge in [0.1, 0.15) is 5.82 Å². The van der Waals surface area contributed by atoms with Crippen molar-refractivity contribution in [2.45, 2.75) is 13.5 Å². The van der Waals surface area contributed by atoms with Crippen molar-refractivity contribution in [1.82, 2.24) is 14.8 Å². The second-order valence-electron chi connectivity index (χ2n) is 6.28. The molecule has 0 atom stereocenters. The van der Waals surface area contributed by atoms with Crippen LogP contribution >= 0.6 is 11.3 Å². The Balaban J connectivity index is 1.70. The molecule has 0 unspecified atom stereocenters. The Morgan fingerprint density at radius 2 is 1.86 bits per heavy atom. The van der Waals surface area contributed by atoms with Gasteiger partial charge in [0.25, 0.3) is 5.91 Å². The molecule has 0 aliphatic heterocycles. The van der Waals surface area contributed by atoms with Crippen molar-refractivity contribution < 1.29 is 9.18 Å². The fourth-order valence-corrected chi connectivity index (χ4v) is 3.33. The number of thiophene rings is 1. The van der Waals surface area contributed by atoms with Gasteiger partial charge < -0.3 is 5.32 Å². The monoisotopic (exact) mass is 392 g/mol. The summed E-state index contributed by atoms with van der Waals surface area (Å²) in [6.45, 7) is 2.53. The van der Waals surface area contributed by atoms with Crippen molar-refractivity contribution in [3.63, 3.8) is 0 Å². The molecule has 0 saturated carbocycles. The number of carbonyl (C=O) groups is 1. The van der Waals surface area contributed by atoms with Gasteiger partial charge in [-0.2, -0.15) is 9.67 Å². The Morgan fingerprint density at radius 1 is 1.11 bits per heavy atom. The molecule has 0 amide bonds. The van der Waals surface area contributed by atoms with Gasteiger partial charge in [-0.25, -0.2) is 4.39 Å². The first-order chi connectivity index (χ1) is 13.6. The summed E-state index contributed by atoms with van der Waals surface area (Å²) in [6.07, 6.45) is 0. The number of aryl methyl sites for hydroxylation is 1. The summed E-state index contributed by atoms with van der Waals surface area (Å²) < 4.78 is 14.4. The zero-order valence-electron chi connectivity index (χ0n) is 15.1. The number of halogens is 1. The first-order valence-corrected chi connectivity index (χ1v) is 9.59. The number of nitrogens with zero attached hydrogens (tertiary/aromatic N) is 3. The largest absolute Gasteiger partial charge is 0.349 e. The van der Waals surface area contributed by atoms with Crippen LogP contribution in [0.25, 0.3) is 11.4 Å². The minimum Gasteiger partial charge on any atom is -0.349 e. The molecular formula is C21H17FN4OS. The van der Waals surface area contributed by atoms with E-state index in [4.69, 9.17) is 0 Å². The minimum atomic E-state index is -0.397. The Bertz CT molecular complexity index is 1090. The van der Waals surface area contributed by atoms with E-state index in [0.717, 1.165) is 16.0 Å². The van der Waals surface area contributed by atoms with Gasteiger partial charge in [0.05, 0.1) is 6.54 Å². The molecule has 0 spiro atoms. The van der Waals surface area contributed by atoms with Crippen molar-refractivity contribution in [2.24, 2.45) is 0 Å². The molecule has 2 heterocycles. The predicted octanol–water partition coefficient (Wildman–Crippen LogP) is 4.75. The minimum absolute atomic E-state index is 0.334. The summed E-state index contributed by atoms with van der Waals surface area (Å²) in [6, 6.07) is 17.1. The van der Waals surface area contributed by atoms with E-state index >= 15 is 0 Å². The molecule has 0 saturated heterocycles. The zero-order chi connectivity index (χ0) is 19.5. The van der Waals surface area contributed by atoms with Crippen LogP contribution in [0.5, 0.6) is 0 Å². The number of anilines is 1. The standard InChI is InChI=1S/C21H17FN4OS/c1-14-4-6-15(7-5-14)19-24-21(23-13-18-3-2-12-28-18)26(25-19)20(27)16-8-10-17(22)11-9-16/h2-12H,13H2,1H3,(H,23,24,25). The van der Waals surface area contributed by atoms with E-state index in [2.05, 4.69) is 15.4 Å². The lowest BCUT2D eigenvalue weighted by Gasteiger charge is -2.06. The van der Waals surface area contributed by atoms with E-state index in [1.165, 1.54) is 28.9 Å². The normalized spacial score (nSPS) is 10.8. The molecular weight excluding hydrogens is 375 g/mol. The molecule has 0 fully saturated rings. The molecule has 4 aromatic rings. The number of hydrogen-bond acceptors (Lipinski definition) is 5. The van der Waals surface area contributed by atoms with Crippen molar-refractivity contribution in [1.29, 1.82) is 0 Å². The molecule has 0 radical (unpaired) electrons. The zero-order valence-corrected chi connectivity index (χ0v) is 15.9. The third kappa shape index (κ3) is 3.84. The molecule has 0 aliphatic rings. The van der Waals surface area contributed by atoms with Crippen LogP contribution < -0.4 is 5.32 Å². The highest BCUT2D eigenvalue weighted by molar-refractivity contribution is 7.09. The van der Waals surface area contributed by atoms with Gasteiger partial charge in [-0.1, -0.05) is 35.9 Å². The Kier molecular flexibility index (Phi) is 4.99. The quantitative estimate of drug-likeness (QED) is 0.532. The maximum absolute atomic E-state index is 13.2. The van der Waals surface area contributed by atoms with E-state index in [1.807, 2.05) is 48.7 Å². The van der Waals surface area contributed by atoms with Gasteiger partial charge in [-0.15, -0.1) is 16.4 Å². The smallest absolute Gasteiger partial charge is 0.281 e. The highest BCUT2D eigenvalue weighted by atomic mass is 32.1. The molecule has 4 rings (SSSR count). The van der Waals surface area contributed by atoms with Gasteiger partial charge in [0.15, 0.2) is 5.82 Å². The SMILES string of the molecule is Cc1ccc(-c2nc(NCc3cccs3)n(C(=O)c3ccc(F)cc3)n2)cc1. The third-order valence-electron chi connectivity index (χ3n) is 4.20. The molecule has 0 bridgehead atoms. The number of aromatic nitrogens is 3. The maximum Gasteiger partial charge on any atom is 0.281 e. The van der Waals surface area contributed by atoms with Crippen molar-refractivity contribution >= 4 is 23.2 Å². The van der Waals surface area contributed by atoms with Crippen LogP contribution in [0.15, 0.2) is 66.0 Å². The molecule has 1 N–H and O–H groups in total. The van der Waals surface area contributed by atoms with Crippen molar-refractivity contribution in [2.75, 3.05) is 5.32 Å². The first kappa shape index (κ1) is 18.1. The fraction of sp³-hybridized carbons (Fsp3) is 0.0952.